The van der Waals surface area contributed by atoms with Gasteiger partial charge in [0.2, 0.25) is 10.0 Å². The van der Waals surface area contributed by atoms with Crippen molar-refractivity contribution in [2.75, 3.05) is 31.7 Å². The highest BCUT2D eigenvalue weighted by Gasteiger charge is 2.12. The van der Waals surface area contributed by atoms with Crippen LogP contribution in [-0.4, -0.2) is 44.1 Å². The summed E-state index contributed by atoms with van der Waals surface area (Å²) >= 11 is 3.36. The van der Waals surface area contributed by atoms with E-state index in [4.69, 9.17) is 0 Å². The topological polar surface area (TPSA) is 62.3 Å². The minimum absolute atomic E-state index is 0.0524. The maximum Gasteiger partial charge on any atom is 0.215 e. The van der Waals surface area contributed by atoms with E-state index in [1.807, 2.05) is 13.0 Å². The molecule has 0 aliphatic rings. The van der Waals surface area contributed by atoms with Crippen LogP contribution in [0.1, 0.15) is 5.56 Å². The van der Waals surface area contributed by atoms with Crippen molar-refractivity contribution in [3.8, 4) is 0 Å². The number of sulfonamides is 1. The fraction of sp³-hybridized carbons (Fsp3) is 0.500. The number of pyridine rings is 1. The van der Waals surface area contributed by atoms with Crippen LogP contribution in [0.4, 0.5) is 5.82 Å². The van der Waals surface area contributed by atoms with Crippen molar-refractivity contribution < 1.29 is 8.42 Å². The van der Waals surface area contributed by atoms with Crippen molar-refractivity contribution in [1.82, 2.24) is 9.29 Å². The van der Waals surface area contributed by atoms with Crippen molar-refractivity contribution in [3.05, 3.63) is 22.3 Å². The van der Waals surface area contributed by atoms with E-state index in [1.54, 1.807) is 6.20 Å². The number of halogens is 1. The van der Waals surface area contributed by atoms with Gasteiger partial charge in [-0.3, -0.25) is 0 Å². The molecule has 0 radical (unpaired) electrons. The number of aryl methyl sites for hydroxylation is 1. The number of hydrogen-bond donors (Lipinski definition) is 1. The monoisotopic (exact) mass is 321 g/mol. The molecule has 1 rings (SSSR count). The SMILES string of the molecule is Cc1cc(NCCS(=O)(=O)N(C)C)ncc1Br. The maximum atomic E-state index is 11.5. The van der Waals surface area contributed by atoms with E-state index < -0.39 is 10.0 Å². The van der Waals surface area contributed by atoms with Gasteiger partial charge in [0.05, 0.1) is 5.75 Å². The van der Waals surface area contributed by atoms with Crippen LogP contribution in [0.3, 0.4) is 0 Å². The van der Waals surface area contributed by atoms with E-state index in [9.17, 15) is 8.42 Å². The third kappa shape index (κ3) is 4.25. The molecule has 1 N–H and O–H groups in total. The Morgan fingerprint density at radius 1 is 1.47 bits per heavy atom. The van der Waals surface area contributed by atoms with Gasteiger partial charge < -0.3 is 5.32 Å². The third-order valence-electron chi connectivity index (χ3n) is 2.27. The summed E-state index contributed by atoms with van der Waals surface area (Å²) in [5.41, 5.74) is 1.05. The first-order valence-electron chi connectivity index (χ1n) is 5.09. The highest BCUT2D eigenvalue weighted by molar-refractivity contribution is 9.10. The molecule has 0 unspecified atom stereocenters. The number of hydrogen-bond acceptors (Lipinski definition) is 4. The lowest BCUT2D eigenvalue weighted by atomic mass is 10.3. The fourth-order valence-electron chi connectivity index (χ4n) is 1.13. The summed E-state index contributed by atoms with van der Waals surface area (Å²) in [6.45, 7) is 2.29. The molecule has 0 aliphatic carbocycles. The maximum absolute atomic E-state index is 11.5. The van der Waals surface area contributed by atoms with Gasteiger partial charge in [0.25, 0.3) is 0 Å². The minimum atomic E-state index is -3.15. The number of anilines is 1. The molecule has 96 valence electrons. The predicted molar refractivity (Wildman–Crippen MR) is 72.6 cm³/mol. The van der Waals surface area contributed by atoms with E-state index in [-0.39, 0.29) is 5.75 Å². The lowest BCUT2D eigenvalue weighted by Gasteiger charge is -2.12. The minimum Gasteiger partial charge on any atom is -0.369 e. The van der Waals surface area contributed by atoms with Crippen molar-refractivity contribution in [1.29, 1.82) is 0 Å². The second kappa shape index (κ2) is 5.79. The molecule has 0 aliphatic heterocycles. The first kappa shape index (κ1) is 14.4. The van der Waals surface area contributed by atoms with Gasteiger partial charge in [-0.1, -0.05) is 0 Å². The Bertz CT molecular complexity index is 488. The summed E-state index contributed by atoms with van der Waals surface area (Å²) in [5.74, 6) is 0.733. The largest absolute Gasteiger partial charge is 0.369 e. The first-order chi connectivity index (χ1) is 7.83. The van der Waals surface area contributed by atoms with Gasteiger partial charge >= 0.3 is 0 Å². The van der Waals surface area contributed by atoms with E-state index in [2.05, 4.69) is 26.2 Å². The average Bonchev–Trinajstić information content (AvgIpc) is 2.23. The van der Waals surface area contributed by atoms with Crippen molar-refractivity contribution >= 4 is 31.8 Å². The van der Waals surface area contributed by atoms with Gasteiger partial charge in [0, 0.05) is 31.3 Å². The molecule has 0 saturated heterocycles. The summed E-state index contributed by atoms with van der Waals surface area (Å²) in [6, 6.07) is 1.87. The molecule has 0 saturated carbocycles. The summed E-state index contributed by atoms with van der Waals surface area (Å²) in [6.07, 6.45) is 1.69. The Morgan fingerprint density at radius 2 is 2.12 bits per heavy atom. The zero-order chi connectivity index (χ0) is 13.1. The first-order valence-corrected chi connectivity index (χ1v) is 7.49. The van der Waals surface area contributed by atoms with Crippen LogP contribution in [0.25, 0.3) is 0 Å². The zero-order valence-electron chi connectivity index (χ0n) is 10.1. The molecule has 0 spiro atoms. The molecule has 0 bridgehead atoms. The van der Waals surface area contributed by atoms with Crippen molar-refractivity contribution in [2.45, 2.75) is 6.92 Å². The molecule has 1 aromatic heterocycles. The molecule has 17 heavy (non-hydrogen) atoms. The molecule has 1 heterocycles. The van der Waals surface area contributed by atoms with Crippen LogP contribution in [0.5, 0.6) is 0 Å². The van der Waals surface area contributed by atoms with E-state index in [0.717, 1.165) is 10.0 Å². The Hall–Kier alpha value is -0.660. The Labute approximate surface area is 110 Å². The molecule has 0 amide bonds. The smallest absolute Gasteiger partial charge is 0.215 e. The standard InChI is InChI=1S/C10H16BrN3O2S/c1-8-6-10(13-7-9(8)11)12-4-5-17(15,16)14(2)3/h6-7H,4-5H2,1-3H3,(H,12,13). The lowest BCUT2D eigenvalue weighted by Crippen LogP contribution is -2.28. The Balaban J connectivity index is 2.55. The van der Waals surface area contributed by atoms with Crippen molar-refractivity contribution in [2.24, 2.45) is 0 Å². The number of aromatic nitrogens is 1. The second-order valence-corrected chi connectivity index (χ2v) is 7.00. The molecule has 5 nitrogen and oxygen atoms in total. The van der Waals surface area contributed by atoms with Gasteiger partial charge in [0.15, 0.2) is 0 Å². The zero-order valence-corrected chi connectivity index (χ0v) is 12.5. The number of nitrogens with one attached hydrogen (secondary N) is 1. The van der Waals surface area contributed by atoms with Gasteiger partial charge in [-0.05, 0) is 34.5 Å². The van der Waals surface area contributed by atoms with Gasteiger partial charge in [-0.2, -0.15) is 0 Å². The summed E-state index contributed by atoms with van der Waals surface area (Å²) < 4.78 is 25.2. The van der Waals surface area contributed by atoms with Gasteiger partial charge in [-0.25, -0.2) is 17.7 Å². The number of nitrogens with zero attached hydrogens (tertiary/aromatic N) is 2. The normalized spacial score (nSPS) is 11.8. The average molecular weight is 322 g/mol. The molecule has 1 aromatic rings. The highest BCUT2D eigenvalue weighted by atomic mass is 79.9. The summed E-state index contributed by atoms with van der Waals surface area (Å²) in [7, 11) is -0.103. The molecular formula is C10H16BrN3O2S. The van der Waals surface area contributed by atoms with Crippen LogP contribution < -0.4 is 5.32 Å². The van der Waals surface area contributed by atoms with Crippen LogP contribution >= 0.6 is 15.9 Å². The molecule has 0 fully saturated rings. The molecule has 7 heteroatoms. The Morgan fingerprint density at radius 3 is 2.65 bits per heavy atom. The van der Waals surface area contributed by atoms with E-state index >= 15 is 0 Å². The second-order valence-electron chi connectivity index (χ2n) is 3.84. The van der Waals surface area contributed by atoms with Gasteiger partial charge in [-0.15, -0.1) is 0 Å². The third-order valence-corrected chi connectivity index (χ3v) is 4.93. The lowest BCUT2D eigenvalue weighted by molar-refractivity contribution is 0.521. The fourth-order valence-corrected chi connectivity index (χ4v) is 2.07. The van der Waals surface area contributed by atoms with Gasteiger partial charge in [0.1, 0.15) is 5.82 Å². The van der Waals surface area contributed by atoms with Crippen molar-refractivity contribution in [3.63, 3.8) is 0 Å². The highest BCUT2D eigenvalue weighted by Crippen LogP contribution is 2.16. The summed E-state index contributed by atoms with van der Waals surface area (Å²) in [5, 5.41) is 2.99. The van der Waals surface area contributed by atoms with E-state index in [0.29, 0.717) is 12.4 Å². The van der Waals surface area contributed by atoms with Crippen LogP contribution in [-0.2, 0) is 10.0 Å². The molecular weight excluding hydrogens is 306 g/mol. The Kier molecular flexibility index (Phi) is 4.91. The molecule has 0 aromatic carbocycles. The van der Waals surface area contributed by atoms with Crippen LogP contribution in [0, 0.1) is 6.92 Å². The quantitative estimate of drug-likeness (QED) is 0.891. The van der Waals surface area contributed by atoms with E-state index in [1.165, 1.54) is 18.4 Å². The molecule has 0 atom stereocenters. The van der Waals surface area contributed by atoms with Crippen LogP contribution in [0.2, 0.25) is 0 Å². The van der Waals surface area contributed by atoms with Crippen LogP contribution in [0.15, 0.2) is 16.7 Å². The predicted octanol–water partition coefficient (Wildman–Crippen LogP) is 1.46. The summed E-state index contributed by atoms with van der Waals surface area (Å²) in [4.78, 5) is 4.14. The number of rotatable bonds is 5.